The third kappa shape index (κ3) is 4.48. The molecule has 3 heterocycles. The zero-order chi connectivity index (χ0) is 25.2. The fourth-order valence-electron chi connectivity index (χ4n) is 4.77. The van der Waals surface area contributed by atoms with E-state index >= 15 is 0 Å². The lowest BCUT2D eigenvalue weighted by atomic mass is 10.2. The number of nitrogens with zero attached hydrogens (tertiary/aromatic N) is 6. The molecule has 1 aliphatic heterocycles. The molecule has 5 rings (SSSR count). The number of benzene rings is 2. The van der Waals surface area contributed by atoms with Crippen molar-refractivity contribution in [2.24, 2.45) is 0 Å². The molecule has 1 aliphatic rings. The fraction of sp³-hybridized carbons (Fsp3) is 0.333. The van der Waals surface area contributed by atoms with Gasteiger partial charge in [0.15, 0.2) is 5.65 Å². The van der Waals surface area contributed by atoms with Crippen molar-refractivity contribution >= 4 is 22.8 Å². The van der Waals surface area contributed by atoms with Gasteiger partial charge in [-0.05, 0) is 50.2 Å². The van der Waals surface area contributed by atoms with Crippen molar-refractivity contribution in [3.8, 4) is 5.69 Å². The molecule has 1 fully saturated rings. The Morgan fingerprint density at radius 3 is 2.33 bits per heavy atom. The molecule has 2 aromatic heterocycles. The molecule has 0 spiro atoms. The molecular formula is C27H29FN6O2. The standard InChI is InChI=1S/C27H29FN6O2/c1-3-33-26-25(19(2)30-34(26)22-7-5-4-6-8-22)29-23(27(33)36)13-14-24(35)32-17-15-31(16-18-32)21-11-9-20(28)10-12-21/h4-12H,3,13-18H2,1-2H3. The van der Waals surface area contributed by atoms with Gasteiger partial charge >= 0.3 is 0 Å². The van der Waals surface area contributed by atoms with Gasteiger partial charge in [-0.15, -0.1) is 0 Å². The lowest BCUT2D eigenvalue weighted by Crippen LogP contribution is -2.49. The van der Waals surface area contributed by atoms with Gasteiger partial charge in [-0.2, -0.15) is 5.10 Å². The average Bonchev–Trinajstić information content (AvgIpc) is 3.24. The van der Waals surface area contributed by atoms with Gasteiger partial charge in [0.25, 0.3) is 5.56 Å². The Balaban J connectivity index is 1.31. The number of carbonyl (C=O) groups excluding carboxylic acids is 1. The number of amides is 1. The number of hydrogen-bond donors (Lipinski definition) is 0. The second-order valence-corrected chi connectivity index (χ2v) is 8.96. The molecule has 1 amide bonds. The molecule has 0 bridgehead atoms. The minimum atomic E-state index is -0.260. The minimum absolute atomic E-state index is 0.00908. The molecule has 0 saturated carbocycles. The van der Waals surface area contributed by atoms with Crippen LogP contribution in [0.25, 0.3) is 16.9 Å². The third-order valence-corrected chi connectivity index (χ3v) is 6.72. The highest BCUT2D eigenvalue weighted by atomic mass is 19.1. The molecule has 0 N–H and O–H groups in total. The van der Waals surface area contributed by atoms with E-state index in [1.807, 2.05) is 49.1 Å². The van der Waals surface area contributed by atoms with Crippen LogP contribution in [-0.4, -0.2) is 56.3 Å². The van der Waals surface area contributed by atoms with Crippen LogP contribution in [0.1, 0.15) is 24.7 Å². The number of carbonyl (C=O) groups is 1. The van der Waals surface area contributed by atoms with Gasteiger partial charge in [0, 0.05) is 51.3 Å². The largest absolute Gasteiger partial charge is 0.368 e. The van der Waals surface area contributed by atoms with Crippen LogP contribution < -0.4 is 10.5 Å². The molecule has 0 unspecified atom stereocenters. The summed E-state index contributed by atoms with van der Waals surface area (Å²) in [6, 6.07) is 16.1. The van der Waals surface area contributed by atoms with Gasteiger partial charge < -0.3 is 9.80 Å². The summed E-state index contributed by atoms with van der Waals surface area (Å²) in [5.74, 6) is -0.251. The Hall–Kier alpha value is -4.01. The van der Waals surface area contributed by atoms with E-state index in [0.717, 1.165) is 17.1 Å². The zero-order valence-corrected chi connectivity index (χ0v) is 20.5. The molecule has 0 radical (unpaired) electrons. The number of hydrogen-bond acceptors (Lipinski definition) is 5. The third-order valence-electron chi connectivity index (χ3n) is 6.72. The number of aromatic nitrogens is 4. The van der Waals surface area contributed by atoms with Crippen molar-refractivity contribution < 1.29 is 9.18 Å². The van der Waals surface area contributed by atoms with Crippen molar-refractivity contribution in [3.63, 3.8) is 0 Å². The van der Waals surface area contributed by atoms with Crippen LogP contribution in [-0.2, 0) is 17.8 Å². The Morgan fingerprint density at radius 1 is 0.972 bits per heavy atom. The highest BCUT2D eigenvalue weighted by Gasteiger charge is 2.23. The van der Waals surface area contributed by atoms with Gasteiger partial charge in [-0.25, -0.2) is 14.1 Å². The highest BCUT2D eigenvalue weighted by Crippen LogP contribution is 2.21. The summed E-state index contributed by atoms with van der Waals surface area (Å²) in [5.41, 5.74) is 4.10. The summed E-state index contributed by atoms with van der Waals surface area (Å²) in [4.78, 5) is 34.9. The molecule has 36 heavy (non-hydrogen) atoms. The average molecular weight is 489 g/mol. The predicted molar refractivity (Wildman–Crippen MR) is 137 cm³/mol. The molecule has 2 aromatic carbocycles. The van der Waals surface area contributed by atoms with Crippen LogP contribution in [0.4, 0.5) is 10.1 Å². The number of fused-ring (bicyclic) bond motifs is 1. The summed E-state index contributed by atoms with van der Waals surface area (Å²) in [7, 11) is 0. The highest BCUT2D eigenvalue weighted by molar-refractivity contribution is 5.78. The summed E-state index contributed by atoms with van der Waals surface area (Å²) in [6.45, 7) is 6.82. The van der Waals surface area contributed by atoms with E-state index in [2.05, 4.69) is 15.0 Å². The van der Waals surface area contributed by atoms with E-state index in [4.69, 9.17) is 0 Å². The first kappa shape index (κ1) is 23.7. The first-order valence-corrected chi connectivity index (χ1v) is 12.3. The Kier molecular flexibility index (Phi) is 6.54. The second-order valence-electron chi connectivity index (χ2n) is 8.96. The van der Waals surface area contributed by atoms with E-state index in [-0.39, 0.29) is 30.1 Å². The maximum atomic E-state index is 13.3. The number of para-hydroxylation sites is 1. The van der Waals surface area contributed by atoms with Crippen molar-refractivity contribution in [2.75, 3.05) is 31.1 Å². The number of piperazine rings is 1. The van der Waals surface area contributed by atoms with Crippen molar-refractivity contribution in [1.29, 1.82) is 0 Å². The topological polar surface area (TPSA) is 76.3 Å². The number of anilines is 1. The number of halogens is 1. The molecule has 186 valence electrons. The van der Waals surface area contributed by atoms with Crippen LogP contribution in [0, 0.1) is 12.7 Å². The SMILES string of the molecule is CCn1c(=O)c(CCC(=O)N2CCN(c3ccc(F)cc3)CC2)nc2c(C)nn(-c3ccccc3)c21. The summed E-state index contributed by atoms with van der Waals surface area (Å²) in [5, 5.41) is 4.65. The van der Waals surface area contributed by atoms with E-state index in [1.54, 1.807) is 21.4 Å². The Bertz CT molecular complexity index is 1440. The number of aryl methyl sites for hydroxylation is 3. The summed E-state index contributed by atoms with van der Waals surface area (Å²) in [6.07, 6.45) is 0.502. The quantitative estimate of drug-likeness (QED) is 0.416. The van der Waals surface area contributed by atoms with E-state index in [0.29, 0.717) is 49.6 Å². The first-order valence-electron chi connectivity index (χ1n) is 12.3. The lowest BCUT2D eigenvalue weighted by Gasteiger charge is -2.36. The molecular weight excluding hydrogens is 459 g/mol. The van der Waals surface area contributed by atoms with Gasteiger partial charge in [0.2, 0.25) is 5.91 Å². The fourth-order valence-corrected chi connectivity index (χ4v) is 4.77. The Labute approximate surface area is 208 Å². The van der Waals surface area contributed by atoms with Crippen LogP contribution in [0.2, 0.25) is 0 Å². The zero-order valence-electron chi connectivity index (χ0n) is 20.5. The number of rotatable bonds is 6. The maximum Gasteiger partial charge on any atom is 0.273 e. The normalized spacial score (nSPS) is 14.0. The van der Waals surface area contributed by atoms with Gasteiger partial charge in [-0.1, -0.05) is 18.2 Å². The molecule has 1 saturated heterocycles. The smallest absolute Gasteiger partial charge is 0.273 e. The molecule has 0 atom stereocenters. The van der Waals surface area contributed by atoms with Gasteiger partial charge in [0.1, 0.15) is 17.0 Å². The van der Waals surface area contributed by atoms with Gasteiger partial charge in [0.05, 0.1) is 11.4 Å². The van der Waals surface area contributed by atoms with Crippen molar-refractivity contribution in [2.45, 2.75) is 33.2 Å². The molecule has 8 nitrogen and oxygen atoms in total. The maximum absolute atomic E-state index is 13.3. The van der Waals surface area contributed by atoms with Gasteiger partial charge in [-0.3, -0.25) is 14.2 Å². The summed E-state index contributed by atoms with van der Waals surface area (Å²) < 4.78 is 16.7. The van der Waals surface area contributed by atoms with E-state index < -0.39 is 0 Å². The molecule has 9 heteroatoms. The van der Waals surface area contributed by atoms with Crippen LogP contribution in [0.3, 0.4) is 0 Å². The second kappa shape index (κ2) is 9.93. The summed E-state index contributed by atoms with van der Waals surface area (Å²) >= 11 is 0. The minimum Gasteiger partial charge on any atom is -0.368 e. The van der Waals surface area contributed by atoms with Crippen LogP contribution >= 0.6 is 0 Å². The van der Waals surface area contributed by atoms with Crippen molar-refractivity contribution in [3.05, 3.63) is 82.2 Å². The van der Waals surface area contributed by atoms with Crippen LogP contribution in [0.5, 0.6) is 0 Å². The monoisotopic (exact) mass is 488 g/mol. The van der Waals surface area contributed by atoms with Crippen LogP contribution in [0.15, 0.2) is 59.4 Å². The Morgan fingerprint density at radius 2 is 1.67 bits per heavy atom. The molecule has 0 aliphatic carbocycles. The van der Waals surface area contributed by atoms with E-state index in [9.17, 15) is 14.0 Å². The molecule has 4 aromatic rings. The lowest BCUT2D eigenvalue weighted by molar-refractivity contribution is -0.131. The predicted octanol–water partition coefficient (Wildman–Crippen LogP) is 3.33. The van der Waals surface area contributed by atoms with E-state index in [1.165, 1.54) is 12.1 Å². The first-order chi connectivity index (χ1) is 17.5. The van der Waals surface area contributed by atoms with Crippen molar-refractivity contribution in [1.82, 2.24) is 24.2 Å².